The van der Waals surface area contributed by atoms with Gasteiger partial charge in [0.2, 0.25) is 0 Å². The summed E-state index contributed by atoms with van der Waals surface area (Å²) >= 11 is 6.09. The number of likely N-dealkylation sites (tertiary alicyclic amines) is 1. The molecule has 1 fully saturated rings. The number of carboxylic acids is 1. The van der Waals surface area contributed by atoms with Crippen molar-refractivity contribution >= 4 is 40.3 Å². The van der Waals surface area contributed by atoms with Gasteiger partial charge in [-0.15, -0.1) is 0 Å². The van der Waals surface area contributed by atoms with Crippen molar-refractivity contribution in [1.82, 2.24) is 9.47 Å². The summed E-state index contributed by atoms with van der Waals surface area (Å²) in [6.45, 7) is 0.596. The third-order valence-electron chi connectivity index (χ3n) is 6.16. The quantitative estimate of drug-likeness (QED) is 0.630. The Morgan fingerprint density at radius 2 is 1.87 bits per heavy atom. The largest absolute Gasteiger partial charge is 0.480 e. The topological polar surface area (TPSA) is 88.8 Å². The minimum absolute atomic E-state index is 0.177. The van der Waals surface area contributed by atoms with E-state index in [1.165, 1.54) is 4.57 Å². The SMILES string of the molecule is O=C(O)Cn1cc(C(=O)N2CCC3(CC2)OC(=O)c2ccccc23)c2ccc(Cl)cc21. The zero-order chi connectivity index (χ0) is 21.8. The van der Waals surface area contributed by atoms with Gasteiger partial charge in [-0.25, -0.2) is 4.79 Å². The van der Waals surface area contributed by atoms with Crippen LogP contribution in [-0.4, -0.2) is 45.5 Å². The van der Waals surface area contributed by atoms with Gasteiger partial charge in [-0.05, 0) is 18.2 Å². The third-order valence-corrected chi connectivity index (χ3v) is 6.40. The first kappa shape index (κ1) is 19.6. The van der Waals surface area contributed by atoms with Crippen molar-refractivity contribution < 1.29 is 24.2 Å². The van der Waals surface area contributed by atoms with Crippen LogP contribution in [0.2, 0.25) is 5.02 Å². The Bertz CT molecular complexity index is 1240. The molecule has 158 valence electrons. The molecule has 5 rings (SSSR count). The number of carboxylic acid groups (broad SMARTS) is 1. The first-order valence-electron chi connectivity index (χ1n) is 10.0. The Balaban J connectivity index is 1.42. The second-order valence-corrected chi connectivity index (χ2v) is 8.38. The van der Waals surface area contributed by atoms with Gasteiger partial charge in [0.25, 0.3) is 5.91 Å². The van der Waals surface area contributed by atoms with E-state index in [2.05, 4.69) is 0 Å². The van der Waals surface area contributed by atoms with Crippen LogP contribution in [0.25, 0.3) is 10.9 Å². The molecule has 0 atom stereocenters. The number of benzene rings is 2. The minimum Gasteiger partial charge on any atom is -0.480 e. The molecule has 3 aromatic rings. The molecule has 3 heterocycles. The lowest BCUT2D eigenvalue weighted by atomic mass is 9.83. The lowest BCUT2D eigenvalue weighted by Crippen LogP contribution is -2.45. The molecule has 2 aromatic carbocycles. The Kier molecular flexibility index (Phi) is 4.51. The van der Waals surface area contributed by atoms with E-state index in [0.717, 1.165) is 5.56 Å². The smallest absolute Gasteiger partial charge is 0.339 e. The van der Waals surface area contributed by atoms with Gasteiger partial charge in [-0.1, -0.05) is 35.9 Å². The van der Waals surface area contributed by atoms with E-state index in [4.69, 9.17) is 16.3 Å². The molecule has 7 nitrogen and oxygen atoms in total. The first-order valence-corrected chi connectivity index (χ1v) is 10.4. The highest BCUT2D eigenvalue weighted by Crippen LogP contribution is 2.44. The Morgan fingerprint density at radius 1 is 1.13 bits per heavy atom. The van der Waals surface area contributed by atoms with Gasteiger partial charge < -0.3 is 19.3 Å². The summed E-state index contributed by atoms with van der Waals surface area (Å²) < 4.78 is 7.29. The van der Waals surface area contributed by atoms with Crippen LogP contribution in [0, 0.1) is 0 Å². The molecule has 2 aliphatic rings. The second kappa shape index (κ2) is 7.13. The number of hydrogen-bond acceptors (Lipinski definition) is 4. The summed E-state index contributed by atoms with van der Waals surface area (Å²) in [5.41, 5.74) is 1.84. The first-order chi connectivity index (χ1) is 14.9. The lowest BCUT2D eigenvalue weighted by Gasteiger charge is -2.38. The van der Waals surface area contributed by atoms with Gasteiger partial charge in [-0.2, -0.15) is 0 Å². The van der Waals surface area contributed by atoms with E-state index in [-0.39, 0.29) is 18.4 Å². The van der Waals surface area contributed by atoms with E-state index in [9.17, 15) is 19.5 Å². The number of hydrogen-bond donors (Lipinski definition) is 1. The number of amides is 1. The average molecular weight is 439 g/mol. The lowest BCUT2D eigenvalue weighted by molar-refractivity contribution is -0.137. The molecular formula is C23H19ClN2O5. The molecular weight excluding hydrogens is 420 g/mol. The van der Waals surface area contributed by atoms with Crippen molar-refractivity contribution in [3.63, 3.8) is 0 Å². The predicted molar refractivity (Wildman–Crippen MR) is 113 cm³/mol. The maximum absolute atomic E-state index is 13.3. The highest BCUT2D eigenvalue weighted by atomic mass is 35.5. The van der Waals surface area contributed by atoms with Crippen LogP contribution in [0.1, 0.15) is 39.1 Å². The summed E-state index contributed by atoms with van der Waals surface area (Å²) in [5, 5.41) is 10.4. The van der Waals surface area contributed by atoms with Crippen molar-refractivity contribution in [2.45, 2.75) is 25.0 Å². The van der Waals surface area contributed by atoms with Gasteiger partial charge in [0, 0.05) is 48.1 Å². The number of esters is 1. The zero-order valence-electron chi connectivity index (χ0n) is 16.5. The summed E-state index contributed by atoms with van der Waals surface area (Å²) in [4.78, 5) is 38.6. The summed E-state index contributed by atoms with van der Waals surface area (Å²) in [6.07, 6.45) is 2.61. The molecule has 1 saturated heterocycles. The van der Waals surface area contributed by atoms with Crippen LogP contribution in [-0.2, 0) is 21.7 Å². The van der Waals surface area contributed by atoms with Gasteiger partial charge >= 0.3 is 11.9 Å². The maximum atomic E-state index is 13.3. The highest BCUT2D eigenvalue weighted by molar-refractivity contribution is 6.31. The molecule has 0 aliphatic carbocycles. The molecule has 2 aliphatic heterocycles. The fourth-order valence-electron chi connectivity index (χ4n) is 4.67. The number of nitrogens with zero attached hydrogens (tertiary/aromatic N) is 2. The van der Waals surface area contributed by atoms with Crippen molar-refractivity contribution in [2.75, 3.05) is 13.1 Å². The molecule has 0 bridgehead atoms. The summed E-state index contributed by atoms with van der Waals surface area (Å²) in [6, 6.07) is 12.5. The van der Waals surface area contributed by atoms with Crippen molar-refractivity contribution in [3.05, 3.63) is 70.4 Å². The second-order valence-electron chi connectivity index (χ2n) is 7.95. The maximum Gasteiger partial charge on any atom is 0.339 e. The fourth-order valence-corrected chi connectivity index (χ4v) is 4.84. The number of aliphatic carboxylic acids is 1. The fraction of sp³-hybridized carbons (Fsp3) is 0.261. The molecule has 1 aromatic heterocycles. The summed E-state index contributed by atoms with van der Waals surface area (Å²) in [7, 11) is 0. The molecule has 1 spiro atoms. The molecule has 1 amide bonds. The van der Waals surface area contributed by atoms with Crippen LogP contribution in [0.5, 0.6) is 0 Å². The zero-order valence-corrected chi connectivity index (χ0v) is 17.3. The van der Waals surface area contributed by atoms with Crippen molar-refractivity contribution in [3.8, 4) is 0 Å². The van der Waals surface area contributed by atoms with Crippen LogP contribution < -0.4 is 0 Å². The van der Waals surface area contributed by atoms with Crippen LogP contribution in [0.15, 0.2) is 48.7 Å². The molecule has 1 N–H and O–H groups in total. The Hall–Kier alpha value is -3.32. The van der Waals surface area contributed by atoms with Gasteiger partial charge in [0.1, 0.15) is 12.1 Å². The number of carbonyl (C=O) groups excluding carboxylic acids is 2. The van der Waals surface area contributed by atoms with E-state index >= 15 is 0 Å². The van der Waals surface area contributed by atoms with Gasteiger partial charge in [0.15, 0.2) is 0 Å². The monoisotopic (exact) mass is 438 g/mol. The van der Waals surface area contributed by atoms with Crippen molar-refractivity contribution in [2.24, 2.45) is 0 Å². The normalized spacial score (nSPS) is 17.1. The number of piperidine rings is 1. The van der Waals surface area contributed by atoms with Crippen LogP contribution in [0.3, 0.4) is 0 Å². The summed E-state index contributed by atoms with van der Waals surface area (Å²) in [5.74, 6) is -1.49. The third kappa shape index (κ3) is 3.16. The van der Waals surface area contributed by atoms with E-state index in [1.54, 1.807) is 35.4 Å². The van der Waals surface area contributed by atoms with Gasteiger partial charge in [-0.3, -0.25) is 9.59 Å². The Labute approximate surface area is 182 Å². The molecule has 0 radical (unpaired) electrons. The van der Waals surface area contributed by atoms with E-state index < -0.39 is 11.6 Å². The molecule has 0 saturated carbocycles. The standard InChI is InChI=1S/C23H19ClN2O5/c24-14-5-6-15-17(12-26(13-20(27)28)19(15)11-14)21(29)25-9-7-23(8-10-25)18-4-2-1-3-16(18)22(30)31-23/h1-6,11-12H,7-10,13H2,(H,27,28). The number of ether oxygens (including phenoxy) is 1. The Morgan fingerprint density at radius 3 is 2.61 bits per heavy atom. The van der Waals surface area contributed by atoms with Crippen LogP contribution >= 0.6 is 11.6 Å². The number of carbonyl (C=O) groups is 3. The van der Waals surface area contributed by atoms with E-state index in [0.29, 0.717) is 53.0 Å². The number of fused-ring (bicyclic) bond motifs is 3. The number of aromatic nitrogens is 1. The number of rotatable bonds is 3. The predicted octanol–water partition coefficient (Wildman–Crippen LogP) is 3.68. The average Bonchev–Trinajstić information content (AvgIpc) is 3.23. The van der Waals surface area contributed by atoms with Gasteiger partial charge in [0.05, 0.1) is 16.6 Å². The van der Waals surface area contributed by atoms with E-state index in [1.807, 2.05) is 18.2 Å². The van der Waals surface area contributed by atoms with Crippen LogP contribution in [0.4, 0.5) is 0 Å². The minimum atomic E-state index is -1.00. The number of halogens is 1. The van der Waals surface area contributed by atoms with Crippen molar-refractivity contribution in [1.29, 1.82) is 0 Å². The molecule has 8 heteroatoms. The molecule has 31 heavy (non-hydrogen) atoms. The molecule has 0 unspecified atom stereocenters. The highest BCUT2D eigenvalue weighted by Gasteiger charge is 2.47.